The van der Waals surface area contributed by atoms with Gasteiger partial charge in [0.1, 0.15) is 19.8 Å². The highest BCUT2D eigenvalue weighted by molar-refractivity contribution is 7.45. The minimum absolute atomic E-state index is 0.0380. The predicted octanol–water partition coefficient (Wildman–Crippen LogP) is 16.1. The van der Waals surface area contributed by atoms with Crippen LogP contribution in [-0.2, 0) is 32.7 Å². The van der Waals surface area contributed by atoms with Gasteiger partial charge in [-0.2, -0.15) is 0 Å². The van der Waals surface area contributed by atoms with Crippen molar-refractivity contribution in [3.8, 4) is 0 Å². The lowest BCUT2D eigenvalue weighted by molar-refractivity contribution is -0.870. The normalized spacial score (nSPS) is 14.0. The number of phosphoric ester groups is 1. The molecule has 0 aromatic carbocycles. The highest BCUT2D eigenvalue weighted by atomic mass is 31.2. The number of hydrogen-bond acceptors (Lipinski definition) is 8. The van der Waals surface area contributed by atoms with Crippen LogP contribution in [0.15, 0.2) is 85.1 Å². The third kappa shape index (κ3) is 52.6. The van der Waals surface area contributed by atoms with E-state index in [1.807, 2.05) is 21.1 Å². The maximum absolute atomic E-state index is 12.8. The van der Waals surface area contributed by atoms with Gasteiger partial charge in [-0.3, -0.25) is 14.2 Å². The number of likely N-dealkylation sites (N-methyl/N-ethyl adjacent to an activating group) is 1. The van der Waals surface area contributed by atoms with E-state index in [2.05, 4.69) is 98.9 Å². The molecule has 0 N–H and O–H groups in total. The van der Waals surface area contributed by atoms with E-state index in [-0.39, 0.29) is 32.0 Å². The standard InChI is InChI=1S/C58H102NO8P/c1-6-8-10-12-14-16-18-20-22-24-25-26-27-28-29-30-31-32-33-35-37-39-41-43-45-47-49-51-58(61)67-56(55-66-68(62,63)65-53-52-59(3,4)5)54-64-57(60)50-48-46-44-42-40-38-36-34-23-21-19-17-15-13-11-9-7-2/h8,10,14,16,20,22,25-26,28-29,31-32,35,37,56H,6-7,9,11-13,15,17-19,21,23-24,27,30,33-34,36,38-55H2,1-5H3/b10-8-,16-14-,22-20-,26-25-,29-28-,32-31-,37-35-. The van der Waals surface area contributed by atoms with Crippen molar-refractivity contribution in [2.24, 2.45) is 0 Å². The van der Waals surface area contributed by atoms with E-state index in [9.17, 15) is 19.0 Å². The SMILES string of the molecule is CC/C=C\C/C=C\C/C=C\C/C=C\C/C=C\C/C=C\C/C=C\CCCCCCCC(=O)OC(COC(=O)CCCCCCCCCCCCCCCCCCC)COP(=O)([O-])OCC[N+](C)(C)C. The van der Waals surface area contributed by atoms with E-state index < -0.39 is 26.5 Å². The fraction of sp³-hybridized carbons (Fsp3) is 0.724. The van der Waals surface area contributed by atoms with Crippen molar-refractivity contribution in [3.05, 3.63) is 85.1 Å². The molecular formula is C58H102NO8P. The van der Waals surface area contributed by atoms with Crippen LogP contribution in [-0.4, -0.2) is 70.0 Å². The summed E-state index contributed by atoms with van der Waals surface area (Å²) in [4.78, 5) is 37.8. The molecule has 0 aliphatic carbocycles. The molecule has 0 aliphatic heterocycles. The molecule has 9 nitrogen and oxygen atoms in total. The molecule has 0 radical (unpaired) electrons. The van der Waals surface area contributed by atoms with Gasteiger partial charge in [0, 0.05) is 12.8 Å². The first-order chi connectivity index (χ1) is 33.0. The smallest absolute Gasteiger partial charge is 0.306 e. The van der Waals surface area contributed by atoms with E-state index >= 15 is 0 Å². The zero-order chi connectivity index (χ0) is 49.9. The zero-order valence-electron chi connectivity index (χ0n) is 44.3. The summed E-state index contributed by atoms with van der Waals surface area (Å²) in [6, 6.07) is 0. The molecule has 10 heteroatoms. The number of carbonyl (C=O) groups excluding carboxylic acids is 2. The van der Waals surface area contributed by atoms with Gasteiger partial charge in [-0.1, -0.05) is 221 Å². The van der Waals surface area contributed by atoms with Gasteiger partial charge in [0.15, 0.2) is 6.10 Å². The van der Waals surface area contributed by atoms with E-state index in [1.165, 1.54) is 89.9 Å². The van der Waals surface area contributed by atoms with Crippen LogP contribution >= 0.6 is 7.82 Å². The number of carbonyl (C=O) groups is 2. The molecule has 0 spiro atoms. The van der Waals surface area contributed by atoms with Gasteiger partial charge in [0.25, 0.3) is 7.82 Å². The number of quaternary nitrogens is 1. The monoisotopic (exact) mass is 972 g/mol. The molecule has 2 unspecified atom stereocenters. The molecule has 0 saturated heterocycles. The highest BCUT2D eigenvalue weighted by Gasteiger charge is 2.21. The second kappa shape index (κ2) is 49.2. The third-order valence-electron chi connectivity index (χ3n) is 11.4. The number of rotatable bonds is 49. The molecule has 392 valence electrons. The fourth-order valence-electron chi connectivity index (χ4n) is 7.22. The Labute approximate surface area is 418 Å². The molecule has 68 heavy (non-hydrogen) atoms. The van der Waals surface area contributed by atoms with Crippen molar-refractivity contribution in [1.82, 2.24) is 0 Å². The molecule has 0 heterocycles. The summed E-state index contributed by atoms with van der Waals surface area (Å²) in [7, 11) is 1.15. The Bertz CT molecular complexity index is 1420. The summed E-state index contributed by atoms with van der Waals surface area (Å²) >= 11 is 0. The van der Waals surface area contributed by atoms with Gasteiger partial charge in [-0.25, -0.2) is 0 Å². The van der Waals surface area contributed by atoms with Crippen LogP contribution < -0.4 is 4.89 Å². The number of hydrogen-bond donors (Lipinski definition) is 0. The van der Waals surface area contributed by atoms with Gasteiger partial charge in [-0.05, 0) is 70.6 Å². The lowest BCUT2D eigenvalue weighted by Gasteiger charge is -2.28. The quantitative estimate of drug-likeness (QED) is 0.0195. The molecule has 0 saturated carbocycles. The van der Waals surface area contributed by atoms with Gasteiger partial charge in [0.2, 0.25) is 0 Å². The van der Waals surface area contributed by atoms with Crippen molar-refractivity contribution in [3.63, 3.8) is 0 Å². The van der Waals surface area contributed by atoms with Crippen molar-refractivity contribution in [2.45, 2.75) is 225 Å². The average molecular weight is 972 g/mol. The maximum Gasteiger partial charge on any atom is 0.306 e. The van der Waals surface area contributed by atoms with Crippen molar-refractivity contribution >= 4 is 19.8 Å². The second-order valence-corrected chi connectivity index (χ2v) is 20.6. The fourth-order valence-corrected chi connectivity index (χ4v) is 7.95. The largest absolute Gasteiger partial charge is 0.756 e. The lowest BCUT2D eigenvalue weighted by atomic mass is 10.0. The molecule has 0 fully saturated rings. The molecule has 0 bridgehead atoms. The predicted molar refractivity (Wildman–Crippen MR) is 286 cm³/mol. The number of phosphoric acid groups is 1. The van der Waals surface area contributed by atoms with Crippen LogP contribution in [0.4, 0.5) is 0 Å². The topological polar surface area (TPSA) is 111 Å². The molecule has 0 aliphatic rings. The summed E-state index contributed by atoms with van der Waals surface area (Å²) in [6.45, 7) is 4.11. The number of nitrogens with zero attached hydrogens (tertiary/aromatic N) is 1. The van der Waals surface area contributed by atoms with Crippen molar-refractivity contribution in [1.29, 1.82) is 0 Å². The van der Waals surface area contributed by atoms with E-state index in [0.717, 1.165) is 96.3 Å². The van der Waals surface area contributed by atoms with Crippen molar-refractivity contribution < 1.29 is 42.1 Å². The Morgan fingerprint density at radius 3 is 1.25 bits per heavy atom. The number of ether oxygens (including phenoxy) is 2. The molecule has 2 atom stereocenters. The van der Waals surface area contributed by atoms with Crippen LogP contribution in [0.1, 0.15) is 219 Å². The van der Waals surface area contributed by atoms with E-state index in [4.69, 9.17) is 18.5 Å². The first-order valence-electron chi connectivity index (χ1n) is 27.3. The first-order valence-corrected chi connectivity index (χ1v) is 28.8. The van der Waals surface area contributed by atoms with Gasteiger partial charge < -0.3 is 27.9 Å². The first kappa shape index (κ1) is 65.2. The number of unbranched alkanes of at least 4 members (excludes halogenated alkanes) is 21. The Morgan fingerprint density at radius 2 is 0.838 bits per heavy atom. The molecule has 0 aromatic heterocycles. The molecule has 0 amide bonds. The summed E-state index contributed by atoms with van der Waals surface area (Å²) in [5.41, 5.74) is 0. The maximum atomic E-state index is 12.8. The van der Waals surface area contributed by atoms with E-state index in [1.54, 1.807) is 0 Å². The third-order valence-corrected chi connectivity index (χ3v) is 12.4. The number of esters is 2. The molecular weight excluding hydrogens is 870 g/mol. The second-order valence-electron chi connectivity index (χ2n) is 19.2. The average Bonchev–Trinajstić information content (AvgIpc) is 3.30. The van der Waals surface area contributed by atoms with Crippen LogP contribution in [0.3, 0.4) is 0 Å². The van der Waals surface area contributed by atoms with Crippen LogP contribution in [0.2, 0.25) is 0 Å². The van der Waals surface area contributed by atoms with E-state index in [0.29, 0.717) is 17.4 Å². The Kier molecular flexibility index (Phi) is 47.2. The molecule has 0 rings (SSSR count). The summed E-state index contributed by atoms with van der Waals surface area (Å²) in [5, 5.41) is 0. The van der Waals surface area contributed by atoms with Gasteiger partial charge >= 0.3 is 11.9 Å². The zero-order valence-corrected chi connectivity index (χ0v) is 45.2. The van der Waals surface area contributed by atoms with Crippen molar-refractivity contribution in [2.75, 3.05) is 47.5 Å². The highest BCUT2D eigenvalue weighted by Crippen LogP contribution is 2.38. The van der Waals surface area contributed by atoms with Crippen LogP contribution in [0, 0.1) is 0 Å². The molecule has 0 aromatic rings. The minimum Gasteiger partial charge on any atom is -0.756 e. The Balaban J connectivity index is 4.27. The van der Waals surface area contributed by atoms with Gasteiger partial charge in [-0.15, -0.1) is 0 Å². The lowest BCUT2D eigenvalue weighted by Crippen LogP contribution is -2.37. The number of allylic oxidation sites excluding steroid dienone is 14. The van der Waals surface area contributed by atoms with Crippen LogP contribution in [0.5, 0.6) is 0 Å². The summed E-state index contributed by atoms with van der Waals surface area (Å²) in [5.74, 6) is -0.855. The van der Waals surface area contributed by atoms with Crippen LogP contribution in [0.25, 0.3) is 0 Å². The Hall–Kier alpha value is -2.81. The van der Waals surface area contributed by atoms with Gasteiger partial charge in [0.05, 0.1) is 27.7 Å². The minimum atomic E-state index is -4.64. The Morgan fingerprint density at radius 1 is 0.471 bits per heavy atom. The summed E-state index contributed by atoms with van der Waals surface area (Å²) in [6.07, 6.45) is 64.7. The summed E-state index contributed by atoms with van der Waals surface area (Å²) < 4.78 is 34.1.